The first-order valence-electron chi connectivity index (χ1n) is 6.71. The van der Waals surface area contributed by atoms with Crippen LogP contribution in [0.2, 0.25) is 0 Å². The fraction of sp³-hybridized carbons (Fsp3) is 0.429. The van der Waals surface area contributed by atoms with E-state index in [9.17, 15) is 21.6 Å². The second-order valence-electron chi connectivity index (χ2n) is 5.20. The number of benzene rings is 1. The molecule has 9 heteroatoms. The van der Waals surface area contributed by atoms with E-state index in [0.717, 1.165) is 12.0 Å². The molecule has 3 nitrogen and oxygen atoms in total. The SMILES string of the molecule is CC(C=C(Br)Br)c1ccc2c(c1OS(=O)(=O)C(F)(F)F)CCC2. The van der Waals surface area contributed by atoms with Gasteiger partial charge in [0.1, 0.15) is 5.75 Å². The molecule has 0 aromatic heterocycles. The Labute approximate surface area is 149 Å². The van der Waals surface area contributed by atoms with Crippen molar-refractivity contribution in [1.29, 1.82) is 0 Å². The molecule has 128 valence electrons. The molecule has 0 radical (unpaired) electrons. The Bertz CT molecular complexity index is 738. The highest BCUT2D eigenvalue weighted by Gasteiger charge is 2.49. The van der Waals surface area contributed by atoms with Crippen molar-refractivity contribution in [2.75, 3.05) is 0 Å². The van der Waals surface area contributed by atoms with Gasteiger partial charge in [0.2, 0.25) is 0 Å². The van der Waals surface area contributed by atoms with Crippen LogP contribution in [0.5, 0.6) is 5.75 Å². The van der Waals surface area contributed by atoms with Gasteiger partial charge in [-0.25, -0.2) is 0 Å². The van der Waals surface area contributed by atoms with E-state index in [2.05, 4.69) is 36.0 Å². The minimum absolute atomic E-state index is 0.192. The molecule has 0 fully saturated rings. The summed E-state index contributed by atoms with van der Waals surface area (Å²) >= 11 is 6.38. The Hall–Kier alpha value is -0.540. The van der Waals surface area contributed by atoms with Gasteiger partial charge in [0.25, 0.3) is 0 Å². The lowest BCUT2D eigenvalue weighted by atomic mass is 9.95. The topological polar surface area (TPSA) is 43.4 Å². The van der Waals surface area contributed by atoms with Crippen LogP contribution in [0.1, 0.15) is 36.0 Å². The van der Waals surface area contributed by atoms with Gasteiger partial charge in [-0.2, -0.15) is 21.6 Å². The van der Waals surface area contributed by atoms with Gasteiger partial charge < -0.3 is 4.18 Å². The number of halogens is 5. The molecule has 0 bridgehead atoms. The van der Waals surface area contributed by atoms with Crippen LogP contribution in [0, 0.1) is 0 Å². The van der Waals surface area contributed by atoms with Crippen molar-refractivity contribution in [2.24, 2.45) is 0 Å². The summed E-state index contributed by atoms with van der Waals surface area (Å²) in [7, 11) is -5.70. The largest absolute Gasteiger partial charge is 0.534 e. The highest BCUT2D eigenvalue weighted by molar-refractivity contribution is 9.28. The molecule has 23 heavy (non-hydrogen) atoms. The average Bonchev–Trinajstić information content (AvgIpc) is 2.85. The van der Waals surface area contributed by atoms with E-state index in [4.69, 9.17) is 0 Å². The van der Waals surface area contributed by atoms with E-state index >= 15 is 0 Å². The quantitative estimate of drug-likeness (QED) is 0.445. The second-order valence-corrected chi connectivity index (χ2v) is 9.51. The monoisotopic (exact) mass is 476 g/mol. The van der Waals surface area contributed by atoms with Crippen molar-refractivity contribution in [1.82, 2.24) is 0 Å². The maximum Gasteiger partial charge on any atom is 0.534 e. The van der Waals surface area contributed by atoms with E-state index in [1.54, 1.807) is 19.1 Å². The van der Waals surface area contributed by atoms with Gasteiger partial charge in [-0.05, 0) is 62.2 Å². The van der Waals surface area contributed by atoms with Crippen molar-refractivity contribution < 1.29 is 25.8 Å². The van der Waals surface area contributed by atoms with Gasteiger partial charge in [0.05, 0.1) is 3.39 Å². The van der Waals surface area contributed by atoms with Gasteiger partial charge in [0.15, 0.2) is 0 Å². The third-order valence-corrected chi connectivity index (χ3v) is 5.09. The average molecular weight is 478 g/mol. The van der Waals surface area contributed by atoms with Gasteiger partial charge in [-0.15, -0.1) is 0 Å². The van der Waals surface area contributed by atoms with Crippen LogP contribution in [0.3, 0.4) is 0 Å². The summed E-state index contributed by atoms with van der Waals surface area (Å²) in [5, 5.41) is 0. The molecule has 0 spiro atoms. The summed E-state index contributed by atoms with van der Waals surface area (Å²) < 4.78 is 66.0. The first-order valence-corrected chi connectivity index (χ1v) is 9.70. The Morgan fingerprint density at radius 2 is 1.96 bits per heavy atom. The van der Waals surface area contributed by atoms with Crippen LogP contribution in [-0.2, 0) is 23.0 Å². The predicted octanol–water partition coefficient (Wildman–Crippen LogP) is 5.14. The lowest BCUT2D eigenvalue weighted by molar-refractivity contribution is -0.0500. The molecule has 2 rings (SSSR count). The summed E-state index contributed by atoms with van der Waals surface area (Å²) in [6.45, 7) is 1.74. The van der Waals surface area contributed by atoms with E-state index in [1.165, 1.54) is 0 Å². The molecule has 1 aliphatic rings. The zero-order valence-corrected chi connectivity index (χ0v) is 15.9. The third-order valence-electron chi connectivity index (χ3n) is 3.60. The van der Waals surface area contributed by atoms with Crippen molar-refractivity contribution in [3.8, 4) is 5.75 Å². The summed E-state index contributed by atoms with van der Waals surface area (Å²) in [6.07, 6.45) is 3.65. The number of fused-ring (bicyclic) bond motifs is 1. The molecule has 0 amide bonds. The minimum Gasteiger partial charge on any atom is -0.375 e. The molecule has 0 aliphatic heterocycles. The maximum atomic E-state index is 12.7. The first-order chi connectivity index (χ1) is 10.5. The number of aryl methyl sites for hydroxylation is 1. The van der Waals surface area contributed by atoms with Crippen LogP contribution in [0.4, 0.5) is 13.2 Å². The molecule has 0 N–H and O–H groups in total. The highest BCUT2D eigenvalue weighted by atomic mass is 79.9. The highest BCUT2D eigenvalue weighted by Crippen LogP contribution is 2.41. The lowest BCUT2D eigenvalue weighted by Gasteiger charge is -2.19. The molecule has 0 saturated carbocycles. The molecular formula is C14H13Br2F3O3S. The minimum atomic E-state index is -5.70. The summed E-state index contributed by atoms with van der Waals surface area (Å²) in [4.78, 5) is 0. The number of hydrogen-bond acceptors (Lipinski definition) is 3. The van der Waals surface area contributed by atoms with E-state index in [1.807, 2.05) is 6.07 Å². The number of hydrogen-bond donors (Lipinski definition) is 0. The number of alkyl halides is 3. The lowest BCUT2D eigenvalue weighted by Crippen LogP contribution is -2.29. The molecule has 1 aliphatic carbocycles. The molecule has 1 aromatic rings. The van der Waals surface area contributed by atoms with E-state index < -0.39 is 15.6 Å². The predicted molar refractivity (Wildman–Crippen MR) is 88.4 cm³/mol. The zero-order chi connectivity index (χ0) is 17.4. The normalized spacial score (nSPS) is 15.9. The Morgan fingerprint density at radius 1 is 1.30 bits per heavy atom. The van der Waals surface area contributed by atoms with Crippen molar-refractivity contribution in [2.45, 2.75) is 37.6 Å². The van der Waals surface area contributed by atoms with Gasteiger partial charge in [0, 0.05) is 11.5 Å². The van der Waals surface area contributed by atoms with Gasteiger partial charge in [-0.1, -0.05) is 25.1 Å². The summed E-state index contributed by atoms with van der Waals surface area (Å²) in [5.74, 6) is -0.532. The van der Waals surface area contributed by atoms with Crippen LogP contribution in [0.25, 0.3) is 0 Å². The first kappa shape index (κ1) is 18.8. The smallest absolute Gasteiger partial charge is 0.375 e. The maximum absolute atomic E-state index is 12.7. The number of rotatable bonds is 4. The Balaban J connectivity index is 2.56. The Morgan fingerprint density at radius 3 is 2.52 bits per heavy atom. The van der Waals surface area contributed by atoms with Gasteiger partial charge >= 0.3 is 15.6 Å². The molecule has 1 unspecified atom stereocenters. The summed E-state index contributed by atoms with van der Waals surface area (Å²) in [5.41, 5.74) is -3.69. The number of allylic oxidation sites excluding steroid dienone is 1. The third kappa shape index (κ3) is 4.11. The standard InChI is InChI=1S/C14H13Br2F3O3S/c1-8(7-12(15)16)10-6-5-9-3-2-4-11(9)13(10)22-23(20,21)14(17,18)19/h5-8H,2-4H2,1H3. The molecule has 1 aromatic carbocycles. The zero-order valence-electron chi connectivity index (χ0n) is 12.0. The van der Waals surface area contributed by atoms with E-state index in [-0.39, 0.29) is 11.7 Å². The van der Waals surface area contributed by atoms with Crippen LogP contribution in [-0.4, -0.2) is 13.9 Å². The van der Waals surface area contributed by atoms with Crippen molar-refractivity contribution >= 4 is 42.0 Å². The van der Waals surface area contributed by atoms with Crippen LogP contribution in [0.15, 0.2) is 21.6 Å². The molecule has 0 heterocycles. The summed E-state index contributed by atoms with van der Waals surface area (Å²) in [6, 6.07) is 3.44. The van der Waals surface area contributed by atoms with Gasteiger partial charge in [-0.3, -0.25) is 0 Å². The van der Waals surface area contributed by atoms with Crippen LogP contribution < -0.4 is 4.18 Å². The molecule has 1 atom stereocenters. The molecular weight excluding hydrogens is 465 g/mol. The second kappa shape index (κ2) is 6.76. The van der Waals surface area contributed by atoms with Crippen molar-refractivity contribution in [3.63, 3.8) is 0 Å². The Kier molecular flexibility index (Phi) is 5.52. The van der Waals surface area contributed by atoms with Crippen LogP contribution >= 0.6 is 31.9 Å². The fourth-order valence-corrected chi connectivity index (χ4v) is 3.85. The van der Waals surface area contributed by atoms with E-state index in [0.29, 0.717) is 27.4 Å². The molecule has 0 saturated heterocycles. The van der Waals surface area contributed by atoms with Crippen molar-refractivity contribution in [3.05, 3.63) is 38.3 Å². The fourth-order valence-electron chi connectivity index (χ4n) is 2.54.